The van der Waals surface area contributed by atoms with Crippen LogP contribution in [0.4, 0.5) is 0 Å². The molecule has 1 N–H and O–H groups in total. The van der Waals surface area contributed by atoms with Crippen LogP contribution >= 0.6 is 11.6 Å². The van der Waals surface area contributed by atoms with Crippen molar-refractivity contribution < 1.29 is 13.2 Å². The van der Waals surface area contributed by atoms with Crippen molar-refractivity contribution in [2.24, 2.45) is 23.2 Å². The number of sulfonamides is 1. The van der Waals surface area contributed by atoms with Crippen molar-refractivity contribution in [3.63, 3.8) is 0 Å². The van der Waals surface area contributed by atoms with Crippen LogP contribution in [0.2, 0.25) is 5.02 Å². The average Bonchev–Trinajstić information content (AvgIpc) is 2.58. The fourth-order valence-corrected chi connectivity index (χ4v) is 8.21. The van der Waals surface area contributed by atoms with Gasteiger partial charge in [-0.2, -0.15) is 0 Å². The van der Waals surface area contributed by atoms with Crippen LogP contribution in [0.15, 0.2) is 23.1 Å². The third-order valence-electron chi connectivity index (χ3n) is 6.95. The zero-order chi connectivity index (χ0) is 18.5. The molecule has 0 radical (unpaired) electrons. The first-order valence-corrected chi connectivity index (χ1v) is 11.6. The Morgan fingerprint density at radius 2 is 1.77 bits per heavy atom. The van der Waals surface area contributed by atoms with E-state index in [9.17, 15) is 8.42 Å². The van der Waals surface area contributed by atoms with Crippen LogP contribution in [0.25, 0.3) is 0 Å². The molecule has 0 aliphatic heterocycles. The molecule has 4 nitrogen and oxygen atoms in total. The van der Waals surface area contributed by atoms with Crippen molar-refractivity contribution in [2.75, 3.05) is 7.11 Å². The molecule has 4 aliphatic rings. The van der Waals surface area contributed by atoms with Gasteiger partial charge >= 0.3 is 0 Å². The minimum Gasteiger partial charge on any atom is -0.495 e. The summed E-state index contributed by atoms with van der Waals surface area (Å²) in [6.07, 6.45) is 8.39. The van der Waals surface area contributed by atoms with Crippen LogP contribution in [0.5, 0.6) is 5.75 Å². The molecule has 6 heteroatoms. The summed E-state index contributed by atoms with van der Waals surface area (Å²) in [5, 5.41) is 0.397. The Balaban J connectivity index is 1.64. The van der Waals surface area contributed by atoms with Gasteiger partial charge in [-0.1, -0.05) is 18.5 Å². The molecule has 26 heavy (non-hydrogen) atoms. The van der Waals surface area contributed by atoms with Crippen molar-refractivity contribution in [2.45, 2.75) is 62.8 Å². The number of ether oxygens (including phenoxy) is 1. The van der Waals surface area contributed by atoms with Gasteiger partial charge in [-0.15, -0.1) is 0 Å². The van der Waals surface area contributed by atoms with Crippen molar-refractivity contribution in [1.29, 1.82) is 0 Å². The third kappa shape index (κ3) is 3.16. The van der Waals surface area contributed by atoms with E-state index in [-0.39, 0.29) is 16.4 Å². The van der Waals surface area contributed by atoms with Gasteiger partial charge in [0.05, 0.1) is 7.11 Å². The summed E-state index contributed by atoms with van der Waals surface area (Å²) in [7, 11) is -2.21. The lowest BCUT2D eigenvalue weighted by atomic mass is 9.47. The molecule has 4 saturated carbocycles. The Morgan fingerprint density at radius 1 is 1.19 bits per heavy atom. The van der Waals surface area contributed by atoms with Gasteiger partial charge in [0, 0.05) is 11.1 Å². The Kier molecular flexibility index (Phi) is 4.77. The average molecular weight is 398 g/mol. The van der Waals surface area contributed by atoms with E-state index in [0.29, 0.717) is 10.8 Å². The van der Waals surface area contributed by atoms with E-state index in [1.165, 1.54) is 51.7 Å². The lowest BCUT2D eigenvalue weighted by Crippen LogP contribution is -2.56. The summed E-state index contributed by atoms with van der Waals surface area (Å²) in [5.74, 6) is 2.71. The monoisotopic (exact) mass is 397 g/mol. The molecule has 0 amide bonds. The number of hydrogen-bond donors (Lipinski definition) is 1. The molecular weight excluding hydrogens is 370 g/mol. The highest BCUT2D eigenvalue weighted by atomic mass is 35.5. The zero-order valence-electron chi connectivity index (χ0n) is 15.5. The lowest BCUT2D eigenvalue weighted by Gasteiger charge is -2.59. The van der Waals surface area contributed by atoms with Gasteiger partial charge < -0.3 is 4.74 Å². The minimum absolute atomic E-state index is 0.0235. The Morgan fingerprint density at radius 3 is 2.27 bits per heavy atom. The van der Waals surface area contributed by atoms with Crippen molar-refractivity contribution in [3.05, 3.63) is 23.2 Å². The molecule has 0 aromatic heterocycles. The molecule has 144 valence electrons. The number of nitrogens with one attached hydrogen (secondary N) is 1. The van der Waals surface area contributed by atoms with Crippen LogP contribution in [0.3, 0.4) is 0 Å². The summed E-state index contributed by atoms with van der Waals surface area (Å²) in [5.41, 5.74) is 0.127. The molecule has 4 fully saturated rings. The van der Waals surface area contributed by atoms with Gasteiger partial charge in [-0.3, -0.25) is 0 Å². The van der Waals surface area contributed by atoms with Crippen LogP contribution < -0.4 is 9.46 Å². The normalized spacial score (nSPS) is 34.0. The molecule has 4 bridgehead atoms. The Hall–Kier alpha value is -0.780. The van der Waals surface area contributed by atoms with Crippen molar-refractivity contribution in [1.82, 2.24) is 4.72 Å². The van der Waals surface area contributed by atoms with E-state index >= 15 is 0 Å². The topological polar surface area (TPSA) is 55.4 Å². The fourth-order valence-electron chi connectivity index (χ4n) is 6.36. The van der Waals surface area contributed by atoms with Crippen LogP contribution in [0.1, 0.15) is 51.9 Å². The highest BCUT2D eigenvalue weighted by Crippen LogP contribution is 2.61. The van der Waals surface area contributed by atoms with Gasteiger partial charge in [-0.05, 0) is 86.3 Å². The zero-order valence-corrected chi connectivity index (χ0v) is 17.1. The number of rotatable bonds is 6. The second kappa shape index (κ2) is 6.68. The first-order chi connectivity index (χ1) is 12.3. The molecule has 0 saturated heterocycles. The van der Waals surface area contributed by atoms with Crippen LogP contribution in [-0.4, -0.2) is 21.6 Å². The second-order valence-electron chi connectivity index (χ2n) is 8.66. The number of methoxy groups -OCH3 is 1. The Bertz CT molecular complexity index is 757. The predicted molar refractivity (Wildman–Crippen MR) is 103 cm³/mol. The lowest BCUT2D eigenvalue weighted by molar-refractivity contribution is -0.0704. The van der Waals surface area contributed by atoms with Gasteiger partial charge in [0.25, 0.3) is 0 Å². The summed E-state index contributed by atoms with van der Waals surface area (Å²) < 4.78 is 34.7. The summed E-state index contributed by atoms with van der Waals surface area (Å²) >= 11 is 6.06. The van der Waals surface area contributed by atoms with Crippen molar-refractivity contribution >= 4 is 21.6 Å². The fraction of sp³-hybridized carbons (Fsp3) is 0.700. The smallest absolute Gasteiger partial charge is 0.244 e. The van der Waals surface area contributed by atoms with Crippen LogP contribution in [-0.2, 0) is 10.0 Å². The summed E-state index contributed by atoms with van der Waals surface area (Å²) in [4.78, 5) is 0.135. The maximum Gasteiger partial charge on any atom is 0.244 e. The molecular formula is C20H28ClNO3S. The third-order valence-corrected chi connectivity index (χ3v) is 8.67. The molecule has 1 atom stereocenters. The highest BCUT2D eigenvalue weighted by Gasteiger charge is 2.54. The van der Waals surface area contributed by atoms with Crippen LogP contribution in [0, 0.1) is 23.2 Å². The summed E-state index contributed by atoms with van der Waals surface area (Å²) in [6, 6.07) is 4.72. The van der Waals surface area contributed by atoms with Gasteiger partial charge in [0.2, 0.25) is 10.0 Å². The largest absolute Gasteiger partial charge is 0.495 e. The standard InChI is InChI=1S/C20H28ClNO3S/c1-3-19(20-10-13-6-14(11-20)8-15(7-13)12-20)22-26(23,24)18-9-16(21)4-5-17(18)25-2/h4-5,9,13-15,19,22H,3,6-8,10-12H2,1-2H3/t13?,14?,15?,19-,20?/m0/s1. The van der Waals surface area contributed by atoms with E-state index in [4.69, 9.17) is 16.3 Å². The SMILES string of the molecule is CC[C@H](NS(=O)(=O)c1cc(Cl)ccc1OC)C12CC3CC(CC(C3)C1)C2. The van der Waals surface area contributed by atoms with Gasteiger partial charge in [0.15, 0.2) is 0 Å². The quantitative estimate of drug-likeness (QED) is 0.761. The van der Waals surface area contributed by atoms with Crippen molar-refractivity contribution in [3.8, 4) is 5.75 Å². The molecule has 1 aromatic rings. The molecule has 0 spiro atoms. The molecule has 4 aliphatic carbocycles. The maximum atomic E-state index is 13.2. The van der Waals surface area contributed by atoms with Gasteiger partial charge in [-0.25, -0.2) is 13.1 Å². The van der Waals surface area contributed by atoms with E-state index < -0.39 is 10.0 Å². The van der Waals surface area contributed by atoms with E-state index in [0.717, 1.165) is 24.2 Å². The van der Waals surface area contributed by atoms with Gasteiger partial charge in [0.1, 0.15) is 10.6 Å². The van der Waals surface area contributed by atoms with E-state index in [1.807, 2.05) is 0 Å². The minimum atomic E-state index is -3.69. The Labute approximate surface area is 161 Å². The summed E-state index contributed by atoms with van der Waals surface area (Å²) in [6.45, 7) is 2.10. The second-order valence-corrected chi connectivity index (χ2v) is 10.8. The predicted octanol–water partition coefficient (Wildman–Crippen LogP) is 4.62. The first kappa shape index (κ1) is 18.6. The molecule has 5 rings (SSSR count). The highest BCUT2D eigenvalue weighted by molar-refractivity contribution is 7.89. The number of benzene rings is 1. The number of halogens is 1. The van der Waals surface area contributed by atoms with E-state index in [1.54, 1.807) is 12.1 Å². The molecule has 0 heterocycles. The molecule has 1 aromatic carbocycles. The van der Waals surface area contributed by atoms with E-state index in [2.05, 4.69) is 11.6 Å². The first-order valence-electron chi connectivity index (χ1n) is 9.71. The molecule has 0 unspecified atom stereocenters. The maximum absolute atomic E-state index is 13.2. The number of hydrogen-bond acceptors (Lipinski definition) is 3.